The van der Waals surface area contributed by atoms with E-state index in [0.717, 1.165) is 26.2 Å². The van der Waals surface area contributed by atoms with Gasteiger partial charge >= 0.3 is 0 Å². The van der Waals surface area contributed by atoms with Crippen LogP contribution in [-0.2, 0) is 4.79 Å². The summed E-state index contributed by atoms with van der Waals surface area (Å²) in [7, 11) is 2.12. The molecule has 4 heteroatoms. The van der Waals surface area contributed by atoms with Crippen LogP contribution in [0.15, 0.2) is 0 Å². The molecule has 1 atom stereocenters. The Morgan fingerprint density at radius 1 is 1.11 bits per heavy atom. The maximum atomic E-state index is 12.4. The fourth-order valence-corrected chi connectivity index (χ4v) is 3.20. The molecule has 0 aliphatic carbocycles. The summed E-state index contributed by atoms with van der Waals surface area (Å²) < 4.78 is 0. The van der Waals surface area contributed by atoms with Crippen molar-refractivity contribution in [3.63, 3.8) is 0 Å². The number of hydrogen-bond donors (Lipinski definition) is 1. The lowest BCUT2D eigenvalue weighted by atomic mass is 10.1. The zero-order valence-corrected chi connectivity index (χ0v) is 12.4. The zero-order chi connectivity index (χ0) is 13.5. The van der Waals surface area contributed by atoms with E-state index >= 15 is 0 Å². The van der Waals surface area contributed by atoms with Gasteiger partial charge in [-0.2, -0.15) is 0 Å². The summed E-state index contributed by atoms with van der Waals surface area (Å²) in [5.74, 6) is 0.335. The fourth-order valence-electron chi connectivity index (χ4n) is 3.20. The summed E-state index contributed by atoms with van der Waals surface area (Å²) in [6.45, 7) is 4.76. The van der Waals surface area contributed by atoms with Crippen LogP contribution >= 0.6 is 0 Å². The average molecular weight is 267 g/mol. The Labute approximate surface area is 117 Å². The number of carbonyl (C=O) groups excluding carboxylic acids is 1. The van der Waals surface area contributed by atoms with Crippen LogP contribution in [0.3, 0.4) is 0 Å². The molecule has 2 rings (SSSR count). The number of nitrogens with one attached hydrogen (secondary N) is 1. The van der Waals surface area contributed by atoms with Gasteiger partial charge in [0, 0.05) is 19.1 Å². The molecule has 2 saturated heterocycles. The minimum absolute atomic E-state index is 0.335. The van der Waals surface area contributed by atoms with Gasteiger partial charge in [-0.05, 0) is 52.2 Å². The number of rotatable bonds is 3. The van der Waals surface area contributed by atoms with Gasteiger partial charge in [0.15, 0.2) is 0 Å². The van der Waals surface area contributed by atoms with E-state index in [4.69, 9.17) is 0 Å². The van der Waals surface area contributed by atoms with Crippen LogP contribution in [0.4, 0.5) is 0 Å². The molecule has 2 fully saturated rings. The molecule has 0 radical (unpaired) electrons. The lowest BCUT2D eigenvalue weighted by Crippen LogP contribution is -2.43. The van der Waals surface area contributed by atoms with Gasteiger partial charge in [0.05, 0.1) is 6.54 Å². The first-order chi connectivity index (χ1) is 9.27. The van der Waals surface area contributed by atoms with E-state index in [-0.39, 0.29) is 0 Å². The lowest BCUT2D eigenvalue weighted by Gasteiger charge is -2.29. The van der Waals surface area contributed by atoms with E-state index in [9.17, 15) is 4.79 Å². The van der Waals surface area contributed by atoms with Gasteiger partial charge in [0.2, 0.25) is 5.91 Å². The molecule has 0 saturated carbocycles. The molecule has 0 spiro atoms. The van der Waals surface area contributed by atoms with Gasteiger partial charge in [-0.1, -0.05) is 12.8 Å². The highest BCUT2D eigenvalue weighted by molar-refractivity contribution is 5.78. The highest BCUT2D eigenvalue weighted by atomic mass is 16.2. The third-order valence-electron chi connectivity index (χ3n) is 4.51. The third-order valence-corrected chi connectivity index (χ3v) is 4.51. The van der Waals surface area contributed by atoms with Crippen molar-refractivity contribution in [2.45, 2.75) is 51.0 Å². The van der Waals surface area contributed by atoms with Gasteiger partial charge in [0.25, 0.3) is 0 Å². The Morgan fingerprint density at radius 3 is 2.58 bits per heavy atom. The van der Waals surface area contributed by atoms with E-state index in [1.807, 2.05) is 0 Å². The Morgan fingerprint density at radius 2 is 1.84 bits per heavy atom. The Kier molecular flexibility index (Phi) is 6.11. The molecular formula is C15H29N3O. The topological polar surface area (TPSA) is 35.6 Å². The largest absolute Gasteiger partial charge is 0.342 e. The smallest absolute Gasteiger partial charge is 0.236 e. The molecule has 4 nitrogen and oxygen atoms in total. The number of nitrogens with zero attached hydrogens (tertiary/aromatic N) is 2. The van der Waals surface area contributed by atoms with Crippen molar-refractivity contribution in [3.8, 4) is 0 Å². The van der Waals surface area contributed by atoms with E-state index in [0.29, 0.717) is 18.5 Å². The number of likely N-dealkylation sites (tertiary alicyclic amines) is 1. The summed E-state index contributed by atoms with van der Waals surface area (Å²) in [6, 6.07) is 0.575. The fraction of sp³-hybridized carbons (Fsp3) is 0.933. The second-order valence-corrected chi connectivity index (χ2v) is 6.04. The monoisotopic (exact) mass is 267 g/mol. The van der Waals surface area contributed by atoms with Crippen molar-refractivity contribution in [2.75, 3.05) is 39.8 Å². The maximum absolute atomic E-state index is 12.4. The van der Waals surface area contributed by atoms with E-state index in [1.54, 1.807) is 0 Å². The first-order valence-corrected chi connectivity index (χ1v) is 7.96. The second kappa shape index (κ2) is 7.85. The Hall–Kier alpha value is -0.610. The lowest BCUT2D eigenvalue weighted by molar-refractivity contribution is -0.132. The van der Waals surface area contributed by atoms with Crippen LogP contribution in [-0.4, -0.2) is 61.5 Å². The van der Waals surface area contributed by atoms with Crippen molar-refractivity contribution >= 4 is 5.91 Å². The van der Waals surface area contributed by atoms with E-state index < -0.39 is 0 Å². The van der Waals surface area contributed by atoms with Crippen molar-refractivity contribution in [1.29, 1.82) is 0 Å². The number of hydrogen-bond acceptors (Lipinski definition) is 3. The standard InChI is InChI=1S/C15H29N3O/c1-17(14-7-6-9-16-10-8-14)13-15(19)18-11-4-2-3-5-12-18/h14,16H,2-13H2,1H3. The Balaban J connectivity index is 1.79. The molecule has 0 bridgehead atoms. The second-order valence-electron chi connectivity index (χ2n) is 6.04. The number of carbonyl (C=O) groups is 1. The molecule has 2 heterocycles. The van der Waals surface area contributed by atoms with Crippen molar-refractivity contribution in [1.82, 2.24) is 15.1 Å². The Bertz CT molecular complexity index is 267. The third kappa shape index (κ3) is 4.77. The van der Waals surface area contributed by atoms with E-state index in [2.05, 4.69) is 22.2 Å². The molecule has 19 heavy (non-hydrogen) atoms. The maximum Gasteiger partial charge on any atom is 0.236 e. The predicted molar refractivity (Wildman–Crippen MR) is 78.2 cm³/mol. The van der Waals surface area contributed by atoms with Crippen LogP contribution in [0.2, 0.25) is 0 Å². The van der Waals surface area contributed by atoms with Crippen LogP contribution in [0, 0.1) is 0 Å². The summed E-state index contributed by atoms with van der Waals surface area (Å²) >= 11 is 0. The van der Waals surface area contributed by atoms with Crippen LogP contribution in [0.1, 0.15) is 44.9 Å². The summed E-state index contributed by atoms with van der Waals surface area (Å²) in [5, 5.41) is 3.44. The zero-order valence-electron chi connectivity index (χ0n) is 12.4. The van der Waals surface area contributed by atoms with Crippen LogP contribution in [0.5, 0.6) is 0 Å². The molecule has 0 aromatic rings. The van der Waals surface area contributed by atoms with Gasteiger partial charge < -0.3 is 10.2 Å². The average Bonchev–Trinajstić information content (AvgIpc) is 2.83. The first-order valence-electron chi connectivity index (χ1n) is 7.96. The van der Waals surface area contributed by atoms with Crippen LogP contribution < -0.4 is 5.32 Å². The van der Waals surface area contributed by atoms with Crippen molar-refractivity contribution in [3.05, 3.63) is 0 Å². The molecular weight excluding hydrogens is 238 g/mol. The highest BCUT2D eigenvalue weighted by Crippen LogP contribution is 2.13. The molecule has 1 amide bonds. The molecule has 2 aliphatic rings. The molecule has 1 unspecified atom stereocenters. The summed E-state index contributed by atoms with van der Waals surface area (Å²) in [4.78, 5) is 16.7. The molecule has 0 aromatic carbocycles. The SMILES string of the molecule is CN(CC(=O)N1CCCCCC1)C1CCCNCC1. The molecule has 0 aromatic heterocycles. The quantitative estimate of drug-likeness (QED) is 0.841. The van der Waals surface area contributed by atoms with Crippen molar-refractivity contribution < 1.29 is 4.79 Å². The van der Waals surface area contributed by atoms with Gasteiger partial charge in [-0.15, -0.1) is 0 Å². The first kappa shape index (κ1) is 14.8. The van der Waals surface area contributed by atoms with Gasteiger partial charge in [-0.3, -0.25) is 9.69 Å². The molecule has 1 N–H and O–H groups in total. The normalized spacial score (nSPS) is 26.0. The number of likely N-dealkylation sites (N-methyl/N-ethyl adjacent to an activating group) is 1. The van der Waals surface area contributed by atoms with Crippen LogP contribution in [0.25, 0.3) is 0 Å². The minimum Gasteiger partial charge on any atom is -0.342 e. The summed E-state index contributed by atoms with van der Waals surface area (Å²) in [6.07, 6.45) is 8.56. The van der Waals surface area contributed by atoms with Gasteiger partial charge in [-0.25, -0.2) is 0 Å². The van der Waals surface area contributed by atoms with Gasteiger partial charge in [0.1, 0.15) is 0 Å². The molecule has 2 aliphatic heterocycles. The molecule has 110 valence electrons. The van der Waals surface area contributed by atoms with Crippen molar-refractivity contribution in [2.24, 2.45) is 0 Å². The highest BCUT2D eigenvalue weighted by Gasteiger charge is 2.22. The summed E-state index contributed by atoms with van der Waals surface area (Å²) in [5.41, 5.74) is 0. The van der Waals surface area contributed by atoms with E-state index in [1.165, 1.54) is 44.9 Å². The minimum atomic E-state index is 0.335. The number of amides is 1. The predicted octanol–water partition coefficient (Wildman–Crippen LogP) is 1.46.